The summed E-state index contributed by atoms with van der Waals surface area (Å²) in [6.07, 6.45) is 3.56. The molecule has 0 heterocycles. The summed E-state index contributed by atoms with van der Waals surface area (Å²) >= 11 is 0. The number of ether oxygens (including phenoxy) is 2. The van der Waals surface area contributed by atoms with Gasteiger partial charge in [-0.15, -0.1) is 0 Å². The SMILES string of the molecule is CCc1ccc(OC(=O)[C@H]2CC[C@H](C(=O)Oc3ccc(C)cc3)CC2)cc1. The number of carbonyl (C=O) groups excluding carboxylic acids is 2. The summed E-state index contributed by atoms with van der Waals surface area (Å²) < 4.78 is 11.0. The van der Waals surface area contributed by atoms with Gasteiger partial charge in [0.15, 0.2) is 0 Å². The predicted molar refractivity (Wildman–Crippen MR) is 104 cm³/mol. The van der Waals surface area contributed by atoms with E-state index in [1.807, 2.05) is 43.3 Å². The van der Waals surface area contributed by atoms with Crippen LogP contribution in [-0.4, -0.2) is 11.9 Å². The number of aryl methyl sites for hydroxylation is 2. The lowest BCUT2D eigenvalue weighted by atomic mass is 9.82. The Morgan fingerprint density at radius 1 is 0.778 bits per heavy atom. The van der Waals surface area contributed by atoms with Crippen LogP contribution in [0.5, 0.6) is 11.5 Å². The molecule has 1 aliphatic carbocycles. The first-order chi connectivity index (χ1) is 13.0. The van der Waals surface area contributed by atoms with E-state index in [2.05, 4.69) is 6.92 Å². The summed E-state index contributed by atoms with van der Waals surface area (Å²) in [5, 5.41) is 0. The fourth-order valence-corrected chi connectivity index (χ4v) is 3.36. The van der Waals surface area contributed by atoms with Crippen molar-refractivity contribution in [2.24, 2.45) is 11.8 Å². The third-order valence-corrected chi connectivity index (χ3v) is 5.18. The standard InChI is InChI=1S/C23H26O4/c1-3-17-6-14-21(15-7-17)27-23(25)19-10-8-18(9-11-19)22(24)26-20-12-4-16(2)5-13-20/h4-7,12-15,18-19H,3,8-11H2,1-2H3/t18-,19-. The second-order valence-corrected chi connectivity index (χ2v) is 7.20. The van der Waals surface area contributed by atoms with Crippen molar-refractivity contribution in [2.75, 3.05) is 0 Å². The normalized spacial score (nSPS) is 19.3. The van der Waals surface area contributed by atoms with E-state index in [-0.39, 0.29) is 23.8 Å². The van der Waals surface area contributed by atoms with Gasteiger partial charge in [-0.2, -0.15) is 0 Å². The molecule has 0 bridgehead atoms. The van der Waals surface area contributed by atoms with Gasteiger partial charge in [0.2, 0.25) is 0 Å². The van der Waals surface area contributed by atoms with Crippen LogP contribution in [-0.2, 0) is 16.0 Å². The van der Waals surface area contributed by atoms with E-state index in [0.717, 1.165) is 12.0 Å². The van der Waals surface area contributed by atoms with Crippen molar-refractivity contribution >= 4 is 11.9 Å². The number of rotatable bonds is 5. The molecule has 3 rings (SSSR count). The van der Waals surface area contributed by atoms with Gasteiger partial charge >= 0.3 is 11.9 Å². The maximum absolute atomic E-state index is 12.4. The molecule has 0 atom stereocenters. The van der Waals surface area contributed by atoms with Crippen LogP contribution >= 0.6 is 0 Å². The molecule has 0 spiro atoms. The molecule has 0 aliphatic heterocycles. The van der Waals surface area contributed by atoms with Crippen molar-refractivity contribution < 1.29 is 19.1 Å². The Balaban J connectivity index is 1.47. The molecular formula is C23H26O4. The van der Waals surface area contributed by atoms with E-state index in [0.29, 0.717) is 37.2 Å². The van der Waals surface area contributed by atoms with Gasteiger partial charge in [-0.25, -0.2) is 0 Å². The average Bonchev–Trinajstić information content (AvgIpc) is 2.70. The highest BCUT2D eigenvalue weighted by Crippen LogP contribution is 2.31. The average molecular weight is 366 g/mol. The fourth-order valence-electron chi connectivity index (χ4n) is 3.36. The van der Waals surface area contributed by atoms with Crippen LogP contribution in [0, 0.1) is 18.8 Å². The van der Waals surface area contributed by atoms with Gasteiger partial charge in [0.25, 0.3) is 0 Å². The van der Waals surface area contributed by atoms with E-state index >= 15 is 0 Å². The number of carbonyl (C=O) groups is 2. The van der Waals surface area contributed by atoms with Crippen molar-refractivity contribution in [3.63, 3.8) is 0 Å². The molecule has 4 heteroatoms. The van der Waals surface area contributed by atoms with Crippen molar-refractivity contribution in [1.82, 2.24) is 0 Å². The zero-order valence-corrected chi connectivity index (χ0v) is 15.9. The highest BCUT2D eigenvalue weighted by molar-refractivity contribution is 5.77. The molecule has 1 saturated carbocycles. The van der Waals surface area contributed by atoms with Gasteiger partial charge in [0.1, 0.15) is 11.5 Å². The van der Waals surface area contributed by atoms with Crippen LogP contribution in [0.1, 0.15) is 43.7 Å². The summed E-state index contributed by atoms with van der Waals surface area (Å²) in [7, 11) is 0. The van der Waals surface area contributed by atoms with Gasteiger partial charge in [0, 0.05) is 0 Å². The van der Waals surface area contributed by atoms with E-state index in [1.54, 1.807) is 12.1 Å². The van der Waals surface area contributed by atoms with Crippen molar-refractivity contribution in [2.45, 2.75) is 46.0 Å². The summed E-state index contributed by atoms with van der Waals surface area (Å²) in [6, 6.07) is 15.1. The van der Waals surface area contributed by atoms with Gasteiger partial charge in [-0.05, 0) is 68.9 Å². The van der Waals surface area contributed by atoms with E-state index in [9.17, 15) is 9.59 Å². The minimum Gasteiger partial charge on any atom is -0.426 e. The molecule has 0 unspecified atom stereocenters. The van der Waals surface area contributed by atoms with E-state index < -0.39 is 0 Å². The van der Waals surface area contributed by atoms with Crippen LogP contribution in [0.15, 0.2) is 48.5 Å². The van der Waals surface area contributed by atoms with Crippen LogP contribution in [0.25, 0.3) is 0 Å². The van der Waals surface area contributed by atoms with Crippen molar-refractivity contribution in [1.29, 1.82) is 0 Å². The van der Waals surface area contributed by atoms with Crippen LogP contribution in [0.4, 0.5) is 0 Å². The molecule has 2 aromatic carbocycles. The summed E-state index contributed by atoms with van der Waals surface area (Å²) in [6.45, 7) is 4.08. The molecule has 0 saturated heterocycles. The monoisotopic (exact) mass is 366 g/mol. The molecule has 0 aromatic heterocycles. The first-order valence-corrected chi connectivity index (χ1v) is 9.64. The molecule has 1 aliphatic rings. The Kier molecular flexibility index (Phi) is 6.28. The molecule has 27 heavy (non-hydrogen) atoms. The highest BCUT2D eigenvalue weighted by Gasteiger charge is 2.32. The quantitative estimate of drug-likeness (QED) is 0.559. The number of hydrogen-bond donors (Lipinski definition) is 0. The number of esters is 2. The lowest BCUT2D eigenvalue weighted by molar-refractivity contribution is -0.145. The maximum atomic E-state index is 12.4. The third-order valence-electron chi connectivity index (χ3n) is 5.18. The Labute approximate surface area is 160 Å². The molecule has 0 radical (unpaired) electrons. The lowest BCUT2D eigenvalue weighted by Gasteiger charge is -2.25. The maximum Gasteiger partial charge on any atom is 0.314 e. The minimum absolute atomic E-state index is 0.153. The zero-order valence-electron chi connectivity index (χ0n) is 15.9. The fraction of sp³-hybridized carbons (Fsp3) is 0.391. The van der Waals surface area contributed by atoms with Crippen molar-refractivity contribution in [3.8, 4) is 11.5 Å². The van der Waals surface area contributed by atoms with Crippen LogP contribution in [0.3, 0.4) is 0 Å². The highest BCUT2D eigenvalue weighted by atomic mass is 16.5. The second-order valence-electron chi connectivity index (χ2n) is 7.20. The second kappa shape index (κ2) is 8.85. The third kappa shape index (κ3) is 5.19. The van der Waals surface area contributed by atoms with Crippen molar-refractivity contribution in [3.05, 3.63) is 59.7 Å². The Hall–Kier alpha value is -2.62. The van der Waals surface area contributed by atoms with Crippen LogP contribution in [0.2, 0.25) is 0 Å². The van der Waals surface area contributed by atoms with E-state index in [1.165, 1.54) is 5.56 Å². The van der Waals surface area contributed by atoms with Crippen LogP contribution < -0.4 is 9.47 Å². The summed E-state index contributed by atoms with van der Waals surface area (Å²) in [5.74, 6) is 0.435. The Bertz CT molecular complexity index is 769. The topological polar surface area (TPSA) is 52.6 Å². The summed E-state index contributed by atoms with van der Waals surface area (Å²) in [5.41, 5.74) is 2.33. The van der Waals surface area contributed by atoms with Gasteiger partial charge < -0.3 is 9.47 Å². The number of benzene rings is 2. The molecule has 142 valence electrons. The Morgan fingerprint density at radius 3 is 1.59 bits per heavy atom. The van der Waals surface area contributed by atoms with Gasteiger partial charge in [0.05, 0.1) is 11.8 Å². The molecule has 0 N–H and O–H groups in total. The van der Waals surface area contributed by atoms with Gasteiger partial charge in [-0.1, -0.05) is 36.8 Å². The first-order valence-electron chi connectivity index (χ1n) is 9.64. The molecule has 2 aromatic rings. The molecular weight excluding hydrogens is 340 g/mol. The molecule has 0 amide bonds. The largest absolute Gasteiger partial charge is 0.426 e. The van der Waals surface area contributed by atoms with Gasteiger partial charge in [-0.3, -0.25) is 9.59 Å². The Morgan fingerprint density at radius 2 is 1.19 bits per heavy atom. The zero-order chi connectivity index (χ0) is 19.2. The minimum atomic E-state index is -0.208. The smallest absolute Gasteiger partial charge is 0.314 e. The number of hydrogen-bond acceptors (Lipinski definition) is 4. The first kappa shape index (κ1) is 19.2. The summed E-state index contributed by atoms with van der Waals surface area (Å²) in [4.78, 5) is 24.7. The molecule has 4 nitrogen and oxygen atoms in total. The predicted octanol–water partition coefficient (Wildman–Crippen LogP) is 4.87. The van der Waals surface area contributed by atoms with E-state index in [4.69, 9.17) is 9.47 Å². The lowest BCUT2D eigenvalue weighted by Crippen LogP contribution is -2.30. The molecule has 1 fully saturated rings.